The average molecular weight is 312 g/mol. The van der Waals surface area contributed by atoms with Gasteiger partial charge in [0.2, 0.25) is 0 Å². The predicted molar refractivity (Wildman–Crippen MR) is 94.3 cm³/mol. The summed E-state index contributed by atoms with van der Waals surface area (Å²) in [5.74, 6) is 0. The first-order chi connectivity index (χ1) is 10.7. The highest BCUT2D eigenvalue weighted by molar-refractivity contribution is 6.31. The zero-order valence-corrected chi connectivity index (χ0v) is 13.3. The summed E-state index contributed by atoms with van der Waals surface area (Å²) in [5, 5.41) is 4.03. The normalized spacial score (nSPS) is 10.8. The minimum Gasteiger partial charge on any atom is -0.281 e. The smallest absolute Gasteiger partial charge is 0.0738 e. The van der Waals surface area contributed by atoms with Gasteiger partial charge in [-0.05, 0) is 48.9 Å². The van der Waals surface area contributed by atoms with Gasteiger partial charge in [-0.1, -0.05) is 25.1 Å². The molecule has 0 N–H and O–H groups in total. The highest BCUT2D eigenvalue weighted by Crippen LogP contribution is 2.28. The monoisotopic (exact) mass is 311 g/mol. The van der Waals surface area contributed by atoms with E-state index >= 15 is 0 Å². The van der Waals surface area contributed by atoms with E-state index in [9.17, 15) is 0 Å². The van der Waals surface area contributed by atoms with Crippen molar-refractivity contribution in [1.82, 2.24) is 9.66 Å². The fourth-order valence-corrected chi connectivity index (χ4v) is 2.82. The van der Waals surface area contributed by atoms with Crippen LogP contribution in [-0.2, 0) is 0 Å². The summed E-state index contributed by atoms with van der Waals surface area (Å²) < 4.78 is 2.12. The van der Waals surface area contributed by atoms with Crippen LogP contribution in [0.4, 0.5) is 5.69 Å². The summed E-state index contributed by atoms with van der Waals surface area (Å²) >= 11 is 6.09. The number of hydrogen-bond acceptors (Lipinski definition) is 2. The summed E-state index contributed by atoms with van der Waals surface area (Å²) in [6, 6.07) is 12.0. The first-order valence-electron chi connectivity index (χ1n) is 7.36. The molecule has 0 bridgehead atoms. The summed E-state index contributed by atoms with van der Waals surface area (Å²) in [4.78, 5) is 4.43. The van der Waals surface area contributed by atoms with E-state index in [0.717, 1.165) is 35.2 Å². The number of hydrogen-bond donors (Lipinski definition) is 0. The third-order valence-electron chi connectivity index (χ3n) is 3.62. The number of rotatable bonds is 5. The standard InChI is InChI=1S/C18H18ClN3/c1-3-11-22(21-12-5-6-15(21)4-2)18-9-10-20-17-13-14(19)7-8-16(17)18/h4-10,12-13H,2-3,11H2,1H3. The molecule has 0 saturated heterocycles. The molecule has 0 saturated carbocycles. The van der Waals surface area contributed by atoms with Crippen molar-refractivity contribution in [1.29, 1.82) is 0 Å². The molecule has 1 aromatic carbocycles. The topological polar surface area (TPSA) is 21.1 Å². The molecular weight excluding hydrogens is 294 g/mol. The first kappa shape index (κ1) is 14.7. The van der Waals surface area contributed by atoms with Crippen LogP contribution in [0.15, 0.2) is 55.4 Å². The Morgan fingerprint density at radius 1 is 1.32 bits per heavy atom. The lowest BCUT2D eigenvalue weighted by atomic mass is 10.2. The molecule has 0 unspecified atom stereocenters. The van der Waals surface area contributed by atoms with Gasteiger partial charge in [-0.25, -0.2) is 0 Å². The van der Waals surface area contributed by atoms with Crippen molar-refractivity contribution in [2.45, 2.75) is 13.3 Å². The van der Waals surface area contributed by atoms with E-state index in [4.69, 9.17) is 11.6 Å². The van der Waals surface area contributed by atoms with Crippen LogP contribution in [0.3, 0.4) is 0 Å². The van der Waals surface area contributed by atoms with Crippen LogP contribution in [-0.4, -0.2) is 16.2 Å². The third kappa shape index (κ3) is 2.60. The van der Waals surface area contributed by atoms with E-state index in [1.165, 1.54) is 0 Å². The highest BCUT2D eigenvalue weighted by atomic mass is 35.5. The zero-order chi connectivity index (χ0) is 15.5. The van der Waals surface area contributed by atoms with Gasteiger partial charge in [0.05, 0.1) is 16.9 Å². The van der Waals surface area contributed by atoms with Gasteiger partial charge in [0, 0.05) is 29.3 Å². The van der Waals surface area contributed by atoms with Gasteiger partial charge in [-0.15, -0.1) is 0 Å². The molecule has 0 radical (unpaired) electrons. The zero-order valence-electron chi connectivity index (χ0n) is 12.5. The summed E-state index contributed by atoms with van der Waals surface area (Å²) in [6.07, 6.45) is 6.78. The fraction of sp³-hybridized carbons (Fsp3) is 0.167. The second-order valence-electron chi connectivity index (χ2n) is 5.10. The highest BCUT2D eigenvalue weighted by Gasteiger charge is 2.13. The molecule has 0 aliphatic rings. The lowest BCUT2D eigenvalue weighted by Crippen LogP contribution is -2.30. The van der Waals surface area contributed by atoms with E-state index in [0.29, 0.717) is 5.02 Å². The Bertz CT molecular complexity index is 807. The Labute approximate surface area is 135 Å². The minimum atomic E-state index is 0.701. The maximum absolute atomic E-state index is 6.09. The van der Waals surface area contributed by atoms with E-state index in [-0.39, 0.29) is 0 Å². The van der Waals surface area contributed by atoms with E-state index in [1.807, 2.05) is 42.6 Å². The molecular formula is C18H18ClN3. The van der Waals surface area contributed by atoms with Crippen molar-refractivity contribution in [3.8, 4) is 0 Å². The second kappa shape index (κ2) is 6.24. The Morgan fingerprint density at radius 2 is 2.18 bits per heavy atom. The van der Waals surface area contributed by atoms with Gasteiger partial charge in [0.1, 0.15) is 0 Å². The molecule has 3 nitrogen and oxygen atoms in total. The van der Waals surface area contributed by atoms with Crippen LogP contribution < -0.4 is 5.01 Å². The lowest BCUT2D eigenvalue weighted by molar-refractivity contribution is 0.677. The number of nitrogens with zero attached hydrogens (tertiary/aromatic N) is 3. The number of fused-ring (bicyclic) bond motifs is 1. The Hall–Kier alpha value is -2.26. The average Bonchev–Trinajstić information content (AvgIpc) is 3.00. The lowest BCUT2D eigenvalue weighted by Gasteiger charge is -2.28. The molecule has 2 aromatic heterocycles. The van der Waals surface area contributed by atoms with Crippen molar-refractivity contribution in [2.24, 2.45) is 0 Å². The molecule has 0 spiro atoms. The first-order valence-corrected chi connectivity index (χ1v) is 7.74. The van der Waals surface area contributed by atoms with Crippen molar-refractivity contribution in [3.63, 3.8) is 0 Å². The Balaban J connectivity index is 2.19. The van der Waals surface area contributed by atoms with Gasteiger partial charge in [0.15, 0.2) is 0 Å². The second-order valence-corrected chi connectivity index (χ2v) is 5.53. The molecule has 2 heterocycles. The molecule has 4 heteroatoms. The van der Waals surface area contributed by atoms with Crippen LogP contribution in [0.2, 0.25) is 5.02 Å². The van der Waals surface area contributed by atoms with Gasteiger partial charge in [-0.3, -0.25) is 14.7 Å². The third-order valence-corrected chi connectivity index (χ3v) is 3.86. The summed E-state index contributed by atoms with van der Waals surface area (Å²) in [5.41, 5.74) is 3.08. The van der Waals surface area contributed by atoms with Gasteiger partial charge in [-0.2, -0.15) is 0 Å². The molecule has 3 aromatic rings. The van der Waals surface area contributed by atoms with Crippen LogP contribution in [0.25, 0.3) is 17.0 Å². The fourth-order valence-electron chi connectivity index (χ4n) is 2.65. The van der Waals surface area contributed by atoms with Crippen molar-refractivity contribution < 1.29 is 0 Å². The van der Waals surface area contributed by atoms with Crippen molar-refractivity contribution in [3.05, 3.63) is 66.1 Å². The van der Waals surface area contributed by atoms with E-state index < -0.39 is 0 Å². The molecule has 0 aliphatic carbocycles. The summed E-state index contributed by atoms with van der Waals surface area (Å²) in [6.45, 7) is 6.97. The maximum Gasteiger partial charge on any atom is 0.0738 e. The largest absolute Gasteiger partial charge is 0.281 e. The predicted octanol–water partition coefficient (Wildman–Crippen LogP) is 5.01. The van der Waals surface area contributed by atoms with E-state index in [1.54, 1.807) is 0 Å². The van der Waals surface area contributed by atoms with Crippen LogP contribution >= 0.6 is 11.6 Å². The number of benzene rings is 1. The molecule has 3 rings (SSSR count). The number of halogens is 1. The molecule has 0 fully saturated rings. The molecule has 0 amide bonds. The molecule has 0 aliphatic heterocycles. The maximum atomic E-state index is 6.09. The van der Waals surface area contributed by atoms with Gasteiger partial charge < -0.3 is 0 Å². The Kier molecular flexibility index (Phi) is 4.16. The number of anilines is 1. The molecule has 112 valence electrons. The number of aromatic nitrogens is 2. The Morgan fingerprint density at radius 3 is 2.95 bits per heavy atom. The van der Waals surface area contributed by atoms with Crippen molar-refractivity contribution in [2.75, 3.05) is 11.6 Å². The van der Waals surface area contributed by atoms with Crippen LogP contribution in [0, 0.1) is 0 Å². The van der Waals surface area contributed by atoms with Crippen LogP contribution in [0.1, 0.15) is 19.0 Å². The SMILES string of the molecule is C=Cc1cccn1N(CCC)c1ccnc2cc(Cl)ccc12. The molecule has 22 heavy (non-hydrogen) atoms. The number of pyridine rings is 1. The molecule has 0 atom stereocenters. The van der Waals surface area contributed by atoms with E-state index in [2.05, 4.69) is 40.4 Å². The summed E-state index contributed by atoms with van der Waals surface area (Å²) in [7, 11) is 0. The van der Waals surface area contributed by atoms with Gasteiger partial charge in [0.25, 0.3) is 0 Å². The quantitative estimate of drug-likeness (QED) is 0.660. The van der Waals surface area contributed by atoms with Gasteiger partial charge >= 0.3 is 0 Å². The van der Waals surface area contributed by atoms with Crippen LogP contribution in [0.5, 0.6) is 0 Å². The van der Waals surface area contributed by atoms with Crippen molar-refractivity contribution >= 4 is 34.3 Å². The minimum absolute atomic E-state index is 0.701.